The normalized spacial score (nSPS) is 14.9. The second-order valence-electron chi connectivity index (χ2n) is 9.75. The predicted octanol–water partition coefficient (Wildman–Crippen LogP) is 3.36. The summed E-state index contributed by atoms with van der Waals surface area (Å²) in [6, 6.07) is 9.31. The summed E-state index contributed by atoms with van der Waals surface area (Å²) in [7, 11) is 0. The fourth-order valence-electron chi connectivity index (χ4n) is 4.16. The molecule has 1 atom stereocenters. The molecule has 0 radical (unpaired) electrons. The lowest BCUT2D eigenvalue weighted by atomic mass is 9.94. The molecule has 1 aliphatic rings. The molecule has 10 nitrogen and oxygen atoms in total. The molecule has 11 heteroatoms. The van der Waals surface area contributed by atoms with Crippen LogP contribution in [0.1, 0.15) is 75.8 Å². The van der Waals surface area contributed by atoms with Gasteiger partial charge >= 0.3 is 0 Å². The summed E-state index contributed by atoms with van der Waals surface area (Å²) in [5.41, 5.74) is 4.46. The monoisotopic (exact) mass is 502 g/mol. The van der Waals surface area contributed by atoms with Crippen LogP contribution in [0.2, 0.25) is 0 Å². The van der Waals surface area contributed by atoms with Crippen molar-refractivity contribution in [3.8, 4) is 11.4 Å². The van der Waals surface area contributed by atoms with Crippen LogP contribution >= 0.6 is 11.3 Å². The third-order valence-corrected chi connectivity index (χ3v) is 7.51. The summed E-state index contributed by atoms with van der Waals surface area (Å²) in [4.78, 5) is 35.0. The fourth-order valence-corrected chi connectivity index (χ4v) is 5.17. The molecule has 0 saturated carbocycles. The first-order chi connectivity index (χ1) is 17.3. The Morgan fingerprint density at radius 3 is 2.64 bits per heavy atom. The van der Waals surface area contributed by atoms with Gasteiger partial charge < -0.3 is 10.6 Å². The van der Waals surface area contributed by atoms with Crippen molar-refractivity contribution in [2.75, 3.05) is 0 Å². The number of amides is 2. The zero-order valence-corrected chi connectivity index (χ0v) is 21.0. The first-order valence-electron chi connectivity index (χ1n) is 11.6. The number of aromatic nitrogens is 6. The summed E-state index contributed by atoms with van der Waals surface area (Å²) >= 11 is 1.68. The predicted molar refractivity (Wildman–Crippen MR) is 134 cm³/mol. The molecule has 1 aliphatic carbocycles. The Balaban J connectivity index is 1.22. The zero-order valence-electron chi connectivity index (χ0n) is 20.2. The van der Waals surface area contributed by atoms with Crippen molar-refractivity contribution in [1.29, 1.82) is 0 Å². The van der Waals surface area contributed by atoms with Crippen molar-refractivity contribution >= 4 is 23.2 Å². The molecule has 0 aliphatic heterocycles. The van der Waals surface area contributed by atoms with Crippen LogP contribution in [0.15, 0.2) is 42.0 Å². The van der Waals surface area contributed by atoms with Crippen LogP contribution in [-0.2, 0) is 18.4 Å². The van der Waals surface area contributed by atoms with Gasteiger partial charge in [0.15, 0.2) is 0 Å². The van der Waals surface area contributed by atoms with E-state index in [9.17, 15) is 9.59 Å². The van der Waals surface area contributed by atoms with Gasteiger partial charge in [-0.2, -0.15) is 5.21 Å². The number of H-pyrrole nitrogens is 1. The van der Waals surface area contributed by atoms with Gasteiger partial charge in [0.2, 0.25) is 5.82 Å². The van der Waals surface area contributed by atoms with Gasteiger partial charge in [-0.1, -0.05) is 32.9 Å². The van der Waals surface area contributed by atoms with Gasteiger partial charge in [-0.05, 0) is 57.7 Å². The number of tetrazole rings is 1. The van der Waals surface area contributed by atoms with Crippen LogP contribution < -0.4 is 10.6 Å². The fraction of sp³-hybridized carbons (Fsp3) is 0.320. The van der Waals surface area contributed by atoms with Gasteiger partial charge in [0.1, 0.15) is 17.7 Å². The van der Waals surface area contributed by atoms with Gasteiger partial charge in [0.05, 0.1) is 6.04 Å². The van der Waals surface area contributed by atoms with Crippen LogP contribution in [0.3, 0.4) is 0 Å². The number of hydrogen-bond acceptors (Lipinski definition) is 8. The highest BCUT2D eigenvalue weighted by molar-refractivity contribution is 7.10. The van der Waals surface area contributed by atoms with Gasteiger partial charge in [0, 0.05) is 23.1 Å². The number of benzene rings is 1. The number of hydrogen-bond donors (Lipinski definition) is 3. The van der Waals surface area contributed by atoms with E-state index in [1.165, 1.54) is 17.3 Å². The van der Waals surface area contributed by atoms with Crippen molar-refractivity contribution in [1.82, 2.24) is 41.2 Å². The number of carbonyl (C=O) groups excluding carboxylic acids is 2. The van der Waals surface area contributed by atoms with E-state index >= 15 is 0 Å². The minimum absolute atomic E-state index is 0.0677. The van der Waals surface area contributed by atoms with E-state index in [2.05, 4.69) is 68.1 Å². The molecule has 0 fully saturated rings. The van der Waals surface area contributed by atoms with Crippen LogP contribution in [-0.4, -0.2) is 42.4 Å². The highest BCUT2D eigenvalue weighted by Crippen LogP contribution is 2.33. The van der Waals surface area contributed by atoms with Crippen LogP contribution in [0.4, 0.5) is 0 Å². The number of nitrogens with zero attached hydrogens (tertiary/aromatic N) is 5. The van der Waals surface area contributed by atoms with Gasteiger partial charge in [0.25, 0.3) is 11.8 Å². The summed E-state index contributed by atoms with van der Waals surface area (Å²) in [5, 5.41) is 22.1. The molecular weight excluding hydrogens is 476 g/mol. The second-order valence-corrected chi connectivity index (χ2v) is 10.7. The first-order valence-corrected chi connectivity index (χ1v) is 12.5. The summed E-state index contributed by atoms with van der Waals surface area (Å²) in [6.45, 7) is 6.87. The number of nitrogens with one attached hydrogen (secondary N) is 3. The van der Waals surface area contributed by atoms with Crippen LogP contribution in [0, 0.1) is 0 Å². The number of aromatic amines is 1. The lowest BCUT2D eigenvalue weighted by Gasteiger charge is -2.15. The molecule has 3 N–H and O–H groups in total. The number of fused-ring (bicyclic) bond motifs is 1. The minimum atomic E-state index is -0.352. The summed E-state index contributed by atoms with van der Waals surface area (Å²) < 4.78 is 0. The molecule has 3 heterocycles. The summed E-state index contributed by atoms with van der Waals surface area (Å²) in [5.74, 6) is -0.167. The van der Waals surface area contributed by atoms with E-state index in [-0.39, 0.29) is 34.7 Å². The van der Waals surface area contributed by atoms with Gasteiger partial charge in [-0.15, -0.1) is 21.5 Å². The molecule has 0 unspecified atom stereocenters. The van der Waals surface area contributed by atoms with Crippen molar-refractivity contribution in [2.24, 2.45) is 0 Å². The summed E-state index contributed by atoms with van der Waals surface area (Å²) in [6.07, 6.45) is 2.83. The van der Waals surface area contributed by atoms with E-state index in [1.807, 2.05) is 23.6 Å². The molecule has 1 aromatic carbocycles. The highest BCUT2D eigenvalue weighted by Gasteiger charge is 2.26. The average molecular weight is 503 g/mol. The Labute approximate surface area is 212 Å². The van der Waals surface area contributed by atoms with Crippen molar-refractivity contribution < 1.29 is 9.59 Å². The molecule has 5 rings (SSSR count). The van der Waals surface area contributed by atoms with Crippen LogP contribution in [0.5, 0.6) is 0 Å². The number of rotatable bonds is 6. The number of aryl methyl sites for hydroxylation is 1. The third kappa shape index (κ3) is 5.01. The second kappa shape index (κ2) is 9.57. The molecular formula is C25H26N8O2S. The molecule has 0 bridgehead atoms. The average Bonchev–Trinajstić information content (AvgIpc) is 3.63. The Morgan fingerprint density at radius 2 is 1.92 bits per heavy atom. The zero-order chi connectivity index (χ0) is 25.3. The number of carbonyl (C=O) groups is 2. The SMILES string of the molecule is CC(C)(C)c1cc(CNC(=O)c2cc(C(=O)N[C@@H]3CCc4cc(-c5nn[nH]n5)ccc43)ncn2)cs1. The third-order valence-electron chi connectivity index (χ3n) is 6.11. The highest BCUT2D eigenvalue weighted by atomic mass is 32.1. The molecule has 2 amide bonds. The Hall–Kier alpha value is -3.99. The van der Waals surface area contributed by atoms with Gasteiger partial charge in [-0.25, -0.2) is 9.97 Å². The topological polar surface area (TPSA) is 138 Å². The van der Waals surface area contributed by atoms with E-state index in [1.54, 1.807) is 11.3 Å². The molecule has 0 spiro atoms. The van der Waals surface area contributed by atoms with Gasteiger partial charge in [-0.3, -0.25) is 9.59 Å². The minimum Gasteiger partial charge on any atom is -0.347 e. The van der Waals surface area contributed by atoms with Crippen molar-refractivity contribution in [2.45, 2.75) is 51.6 Å². The lowest BCUT2D eigenvalue weighted by Crippen LogP contribution is -2.29. The molecule has 36 heavy (non-hydrogen) atoms. The smallest absolute Gasteiger partial charge is 0.270 e. The van der Waals surface area contributed by atoms with E-state index < -0.39 is 0 Å². The molecule has 4 aromatic rings. The maximum atomic E-state index is 13.0. The Morgan fingerprint density at radius 1 is 1.11 bits per heavy atom. The maximum absolute atomic E-state index is 13.0. The number of thiophene rings is 1. The van der Waals surface area contributed by atoms with E-state index in [0.29, 0.717) is 12.4 Å². The Bertz CT molecular complexity index is 1410. The first kappa shape index (κ1) is 23.7. The molecule has 0 saturated heterocycles. The largest absolute Gasteiger partial charge is 0.347 e. The molecule has 184 valence electrons. The lowest BCUT2D eigenvalue weighted by molar-refractivity contribution is 0.0931. The van der Waals surface area contributed by atoms with E-state index in [4.69, 9.17) is 0 Å². The Kier molecular flexibility index (Phi) is 6.31. The van der Waals surface area contributed by atoms with Crippen LogP contribution in [0.25, 0.3) is 11.4 Å². The maximum Gasteiger partial charge on any atom is 0.270 e. The quantitative estimate of drug-likeness (QED) is 0.367. The van der Waals surface area contributed by atoms with Crippen molar-refractivity contribution in [3.05, 3.63) is 75.0 Å². The molecule has 3 aromatic heterocycles. The van der Waals surface area contributed by atoms with Crippen molar-refractivity contribution in [3.63, 3.8) is 0 Å². The van der Waals surface area contributed by atoms with E-state index in [0.717, 1.165) is 35.1 Å². The standard InChI is InChI=1S/C25H26N8O2S/c1-25(2,3)21-8-14(12-36-21)11-26-23(34)19-10-20(28-13-27-19)24(35)29-18-7-5-15-9-16(4-6-17(15)18)22-30-32-33-31-22/h4,6,8-10,12-13,18H,5,7,11H2,1-3H3,(H,26,34)(H,29,35)(H,30,31,32,33)/t18-/m1/s1.